The second kappa shape index (κ2) is 8.76. The summed E-state index contributed by atoms with van der Waals surface area (Å²) in [6.45, 7) is 4.05. The number of amides is 1. The van der Waals surface area contributed by atoms with Crippen LogP contribution in [0.25, 0.3) is 0 Å². The van der Waals surface area contributed by atoms with Crippen LogP contribution in [0.1, 0.15) is 25.0 Å². The molecule has 1 fully saturated rings. The Labute approximate surface area is 204 Å². The molecular weight excluding hydrogens is 485 g/mol. The van der Waals surface area contributed by atoms with E-state index in [1.807, 2.05) is 19.2 Å². The van der Waals surface area contributed by atoms with Crippen molar-refractivity contribution < 1.29 is 22.7 Å². The van der Waals surface area contributed by atoms with E-state index < -0.39 is 28.7 Å². The second-order valence-electron chi connectivity index (χ2n) is 8.40. The number of nitrogens with zero attached hydrogens (tertiary/aromatic N) is 3. The molecule has 4 rings (SSSR count). The lowest BCUT2D eigenvalue weighted by Gasteiger charge is -2.31. The second-order valence-corrected chi connectivity index (χ2v) is 9.82. The molecule has 178 valence electrons. The fourth-order valence-electron chi connectivity index (χ4n) is 4.03. The number of nitriles is 1. The number of anilines is 2. The topological polar surface area (TPSA) is 68.6 Å². The van der Waals surface area contributed by atoms with E-state index in [2.05, 4.69) is 5.32 Å². The van der Waals surface area contributed by atoms with Gasteiger partial charge < -0.3 is 15.0 Å². The van der Waals surface area contributed by atoms with Gasteiger partial charge in [0, 0.05) is 18.0 Å². The van der Waals surface area contributed by atoms with E-state index >= 15 is 0 Å². The highest BCUT2D eigenvalue weighted by Gasteiger charge is 2.51. The third-order valence-electron chi connectivity index (χ3n) is 5.69. The minimum atomic E-state index is -4.75. The number of thioether (sulfide) groups is 1. The van der Waals surface area contributed by atoms with Gasteiger partial charge in [-0.15, -0.1) is 11.8 Å². The molecule has 1 N–H and O–H groups in total. The molecule has 2 aliphatic heterocycles. The van der Waals surface area contributed by atoms with Gasteiger partial charge in [0.15, 0.2) is 5.11 Å². The number of hydrogen-bond acceptors (Lipinski definition) is 6. The molecule has 2 aromatic rings. The van der Waals surface area contributed by atoms with Gasteiger partial charge in [0.25, 0.3) is 5.91 Å². The van der Waals surface area contributed by atoms with E-state index in [0.29, 0.717) is 12.2 Å². The Morgan fingerprint density at radius 2 is 1.97 bits per heavy atom. The number of hydrogen-bond donors (Lipinski definition) is 1. The van der Waals surface area contributed by atoms with Crippen LogP contribution in [0.2, 0.25) is 0 Å². The summed E-state index contributed by atoms with van der Waals surface area (Å²) in [6, 6.07) is 10.2. The average Bonchev–Trinajstić information content (AvgIpc) is 2.96. The van der Waals surface area contributed by atoms with Crippen LogP contribution in [0, 0.1) is 11.3 Å². The average molecular weight is 507 g/mol. The quantitative estimate of drug-likeness (QED) is 0.610. The van der Waals surface area contributed by atoms with E-state index in [9.17, 15) is 18.0 Å². The molecule has 1 unspecified atom stereocenters. The highest BCUT2D eigenvalue weighted by Crippen LogP contribution is 2.43. The maximum atomic E-state index is 13.5. The van der Waals surface area contributed by atoms with Crippen molar-refractivity contribution in [2.45, 2.75) is 36.6 Å². The minimum absolute atomic E-state index is 0.0361. The predicted octanol–water partition coefficient (Wildman–Crippen LogP) is 4.57. The molecule has 0 spiro atoms. The fourth-order valence-corrected chi connectivity index (χ4v) is 5.57. The summed E-state index contributed by atoms with van der Waals surface area (Å²) >= 11 is 7.23. The normalized spacial score (nSPS) is 19.6. The van der Waals surface area contributed by atoms with Crippen LogP contribution < -0.4 is 19.9 Å². The first-order valence-electron chi connectivity index (χ1n) is 10.4. The van der Waals surface area contributed by atoms with Crippen molar-refractivity contribution in [2.24, 2.45) is 0 Å². The smallest absolute Gasteiger partial charge is 0.417 e. The number of carbonyl (C=O) groups is 1. The summed E-state index contributed by atoms with van der Waals surface area (Å²) < 4.78 is 46.5. The Bertz CT molecular complexity index is 1210. The van der Waals surface area contributed by atoms with Crippen molar-refractivity contribution in [3.8, 4) is 11.8 Å². The number of carbonyl (C=O) groups excluding carboxylic acids is 1. The lowest BCUT2D eigenvalue weighted by atomic mass is 10.0. The molecule has 11 heteroatoms. The van der Waals surface area contributed by atoms with Gasteiger partial charge in [-0.1, -0.05) is 0 Å². The monoisotopic (exact) mass is 506 g/mol. The lowest BCUT2D eigenvalue weighted by molar-refractivity contribution is -0.137. The van der Waals surface area contributed by atoms with Gasteiger partial charge in [-0.3, -0.25) is 9.69 Å². The van der Waals surface area contributed by atoms with Crippen LogP contribution in [0.5, 0.6) is 5.75 Å². The van der Waals surface area contributed by atoms with Crippen LogP contribution in [0.4, 0.5) is 24.5 Å². The van der Waals surface area contributed by atoms with Crippen molar-refractivity contribution in [3.63, 3.8) is 0 Å². The summed E-state index contributed by atoms with van der Waals surface area (Å²) in [4.78, 5) is 17.0. The molecular formula is C23H21F3N4O2S2. The summed E-state index contributed by atoms with van der Waals surface area (Å²) in [6.07, 6.45) is -4.71. The maximum Gasteiger partial charge on any atom is 0.417 e. The van der Waals surface area contributed by atoms with E-state index in [1.54, 1.807) is 42.6 Å². The van der Waals surface area contributed by atoms with Gasteiger partial charge in [-0.25, -0.2) is 0 Å². The molecule has 1 saturated heterocycles. The number of halogens is 3. The zero-order valence-corrected chi connectivity index (χ0v) is 20.2. The first-order chi connectivity index (χ1) is 16.0. The number of benzene rings is 2. The number of nitrogens with one attached hydrogen (secondary N) is 1. The van der Waals surface area contributed by atoms with Crippen LogP contribution in [-0.4, -0.2) is 42.0 Å². The van der Waals surface area contributed by atoms with Crippen molar-refractivity contribution in [1.29, 1.82) is 5.26 Å². The van der Waals surface area contributed by atoms with Gasteiger partial charge in [0.05, 0.1) is 27.8 Å². The highest BCUT2D eigenvalue weighted by molar-refractivity contribution is 7.99. The lowest BCUT2D eigenvalue weighted by Crippen LogP contribution is -2.44. The molecule has 2 heterocycles. The van der Waals surface area contributed by atoms with Crippen molar-refractivity contribution in [2.75, 3.05) is 29.1 Å². The highest BCUT2D eigenvalue weighted by atomic mass is 32.2. The van der Waals surface area contributed by atoms with E-state index in [-0.39, 0.29) is 16.9 Å². The molecule has 2 aromatic carbocycles. The summed E-state index contributed by atoms with van der Waals surface area (Å²) in [5.74, 6) is 1.01. The molecule has 1 atom stereocenters. The van der Waals surface area contributed by atoms with E-state index in [4.69, 9.17) is 22.2 Å². The Balaban J connectivity index is 1.71. The number of likely N-dealkylation sites (N-methyl/N-ethyl adjacent to an activating group) is 1. The maximum absolute atomic E-state index is 13.5. The molecule has 34 heavy (non-hydrogen) atoms. The molecule has 0 aliphatic carbocycles. The number of alkyl halides is 3. The van der Waals surface area contributed by atoms with Crippen LogP contribution in [-0.2, 0) is 11.0 Å². The zero-order chi connectivity index (χ0) is 24.8. The van der Waals surface area contributed by atoms with Crippen molar-refractivity contribution >= 4 is 46.4 Å². The van der Waals surface area contributed by atoms with Gasteiger partial charge in [0.1, 0.15) is 17.4 Å². The molecule has 0 saturated carbocycles. The Kier molecular flexibility index (Phi) is 6.27. The van der Waals surface area contributed by atoms with Crippen LogP contribution >= 0.6 is 24.0 Å². The summed E-state index contributed by atoms with van der Waals surface area (Å²) in [5.41, 5.74) is -2.18. The zero-order valence-electron chi connectivity index (χ0n) is 18.6. The van der Waals surface area contributed by atoms with Gasteiger partial charge in [-0.05, 0) is 69.5 Å². The Hall–Kier alpha value is -2.81. The molecule has 0 aromatic heterocycles. The Morgan fingerprint density at radius 1 is 1.26 bits per heavy atom. The molecule has 0 bridgehead atoms. The van der Waals surface area contributed by atoms with E-state index in [1.165, 1.54) is 6.07 Å². The molecule has 2 aliphatic rings. The van der Waals surface area contributed by atoms with E-state index in [0.717, 1.165) is 33.4 Å². The standard InChI is InChI=1S/C23H21F3N4O2S2/c1-22(2)20(31)29(14-5-4-13(10-27)17(8-14)23(24,25)26)21(33)30(22)15-6-7-18-19(9-15)34-12-16(32-18)11-28-3/h4-9,16,28H,11-12H2,1-3H3. The van der Waals surface area contributed by atoms with Gasteiger partial charge in [-0.2, -0.15) is 18.4 Å². The van der Waals surface area contributed by atoms with Crippen molar-refractivity contribution in [1.82, 2.24) is 5.32 Å². The molecule has 1 amide bonds. The third kappa shape index (κ3) is 4.10. The molecule has 6 nitrogen and oxygen atoms in total. The van der Waals surface area contributed by atoms with Gasteiger partial charge >= 0.3 is 6.18 Å². The third-order valence-corrected chi connectivity index (χ3v) is 7.22. The number of fused-ring (bicyclic) bond motifs is 1. The molecule has 0 radical (unpaired) electrons. The SMILES string of the molecule is CNCC1CSc2cc(N3C(=S)N(c4ccc(C#N)c(C(F)(F)F)c4)C(=O)C3(C)C)ccc2O1. The number of thiocarbonyl (C=S) groups is 1. The first-order valence-corrected chi connectivity index (χ1v) is 11.8. The number of ether oxygens (including phenoxy) is 1. The number of rotatable bonds is 4. The Morgan fingerprint density at radius 3 is 2.62 bits per heavy atom. The minimum Gasteiger partial charge on any atom is -0.487 e. The summed E-state index contributed by atoms with van der Waals surface area (Å²) in [5, 5.41) is 12.2. The fraction of sp³-hybridized carbons (Fsp3) is 0.348. The van der Waals surface area contributed by atoms with Crippen LogP contribution in [0.3, 0.4) is 0 Å². The van der Waals surface area contributed by atoms with Gasteiger partial charge in [0.2, 0.25) is 0 Å². The predicted molar refractivity (Wildman–Crippen MR) is 128 cm³/mol. The summed E-state index contributed by atoms with van der Waals surface area (Å²) in [7, 11) is 1.86. The largest absolute Gasteiger partial charge is 0.487 e. The first kappa shape index (κ1) is 24.3. The van der Waals surface area contributed by atoms with Crippen molar-refractivity contribution in [3.05, 3.63) is 47.5 Å². The van der Waals surface area contributed by atoms with Crippen LogP contribution in [0.15, 0.2) is 41.3 Å².